The lowest BCUT2D eigenvalue weighted by Crippen LogP contribution is -2.44. The van der Waals surface area contributed by atoms with Gasteiger partial charge in [-0.15, -0.1) is 0 Å². The molecule has 10 heavy (non-hydrogen) atoms. The fraction of sp³-hybridized carbons (Fsp3) is 1.00. The summed E-state index contributed by atoms with van der Waals surface area (Å²) in [6.07, 6.45) is -0.474. The second-order valence-electron chi connectivity index (χ2n) is 2.59. The second-order valence-corrected chi connectivity index (χ2v) is 2.59. The van der Waals surface area contributed by atoms with Crippen molar-refractivity contribution in [3.8, 4) is 0 Å². The van der Waals surface area contributed by atoms with Crippen LogP contribution >= 0.6 is 0 Å². The Labute approximate surface area is 60.5 Å². The quantitative estimate of drug-likeness (QED) is 0.406. The van der Waals surface area contributed by atoms with Crippen LogP contribution < -0.4 is 5.48 Å². The van der Waals surface area contributed by atoms with Crippen LogP contribution in [0.15, 0.2) is 0 Å². The summed E-state index contributed by atoms with van der Waals surface area (Å²) in [4.78, 5) is 0. The average molecular weight is 149 g/mol. The highest BCUT2D eigenvalue weighted by Gasteiger charge is 2.27. The maximum atomic E-state index is 9.32. The van der Waals surface area contributed by atoms with Gasteiger partial charge in [-0.1, -0.05) is 6.92 Å². The normalized spacial score (nSPS) is 20.1. The lowest BCUT2D eigenvalue weighted by atomic mass is 9.96. The topological polar surface area (TPSA) is 72.7 Å². The fourth-order valence-corrected chi connectivity index (χ4v) is 0.542. The Morgan fingerprint density at radius 3 is 2.40 bits per heavy atom. The Kier molecular flexibility index (Phi) is 3.81. The second kappa shape index (κ2) is 3.88. The first kappa shape index (κ1) is 9.84. The largest absolute Gasteiger partial charge is 0.389 e. The van der Waals surface area contributed by atoms with Crippen LogP contribution in [-0.2, 0) is 0 Å². The third-order valence-electron chi connectivity index (χ3n) is 1.72. The summed E-state index contributed by atoms with van der Waals surface area (Å²) in [6, 6.07) is 0. The highest BCUT2D eigenvalue weighted by molar-refractivity contribution is 4.80. The summed E-state index contributed by atoms with van der Waals surface area (Å²) in [5, 5.41) is 26.6. The smallest absolute Gasteiger partial charge is 0.0971 e. The van der Waals surface area contributed by atoms with E-state index < -0.39 is 11.7 Å². The zero-order valence-corrected chi connectivity index (χ0v) is 6.33. The van der Waals surface area contributed by atoms with E-state index in [4.69, 9.17) is 10.3 Å². The third-order valence-corrected chi connectivity index (χ3v) is 1.72. The molecule has 4 heteroatoms. The molecule has 0 aromatic carbocycles. The van der Waals surface area contributed by atoms with Crippen molar-refractivity contribution in [3.05, 3.63) is 0 Å². The van der Waals surface area contributed by atoms with Gasteiger partial charge in [-0.25, -0.2) is 5.48 Å². The molecule has 0 spiro atoms. The molecule has 4 N–H and O–H groups in total. The summed E-state index contributed by atoms with van der Waals surface area (Å²) < 4.78 is 0. The number of aliphatic hydroxyl groups is 2. The van der Waals surface area contributed by atoms with Gasteiger partial charge in [-0.05, 0) is 13.3 Å². The van der Waals surface area contributed by atoms with Crippen LogP contribution in [0, 0.1) is 0 Å². The van der Waals surface area contributed by atoms with Gasteiger partial charge < -0.3 is 15.4 Å². The van der Waals surface area contributed by atoms with Crippen LogP contribution in [0.1, 0.15) is 20.3 Å². The molecule has 62 valence electrons. The molecule has 0 bridgehead atoms. The number of hydrogen-bond donors (Lipinski definition) is 4. The van der Waals surface area contributed by atoms with E-state index in [1.165, 1.54) is 6.92 Å². The highest BCUT2D eigenvalue weighted by Crippen LogP contribution is 2.12. The molecule has 0 amide bonds. The maximum absolute atomic E-state index is 9.32. The predicted molar refractivity (Wildman–Crippen MR) is 36.7 cm³/mol. The lowest BCUT2D eigenvalue weighted by molar-refractivity contribution is -0.0739. The molecule has 0 saturated carbocycles. The Balaban J connectivity index is 3.78. The van der Waals surface area contributed by atoms with Crippen LogP contribution in [0.2, 0.25) is 0 Å². The van der Waals surface area contributed by atoms with E-state index in [0.717, 1.165) is 0 Å². The highest BCUT2D eigenvalue weighted by atomic mass is 16.5. The SMILES string of the molecule is CCC(C)(O)C(O)CNO. The van der Waals surface area contributed by atoms with Gasteiger partial charge in [0.15, 0.2) is 0 Å². The molecule has 0 fully saturated rings. The predicted octanol–water partition coefficient (Wildman–Crippen LogP) is -0.513. The molecule has 0 aromatic heterocycles. The van der Waals surface area contributed by atoms with Crippen molar-refractivity contribution in [2.24, 2.45) is 0 Å². The van der Waals surface area contributed by atoms with Crippen molar-refractivity contribution in [1.82, 2.24) is 5.48 Å². The average Bonchev–Trinajstić information content (AvgIpc) is 1.89. The molecule has 4 nitrogen and oxygen atoms in total. The van der Waals surface area contributed by atoms with E-state index in [1.807, 2.05) is 0 Å². The summed E-state index contributed by atoms with van der Waals surface area (Å²) in [5.74, 6) is 0. The first-order valence-corrected chi connectivity index (χ1v) is 3.32. The minimum absolute atomic E-state index is 0.0131. The van der Waals surface area contributed by atoms with Crippen molar-refractivity contribution >= 4 is 0 Å². The van der Waals surface area contributed by atoms with E-state index in [9.17, 15) is 5.11 Å². The van der Waals surface area contributed by atoms with Gasteiger partial charge in [-0.2, -0.15) is 0 Å². The number of aliphatic hydroxyl groups excluding tert-OH is 1. The van der Waals surface area contributed by atoms with E-state index in [1.54, 1.807) is 12.4 Å². The first-order valence-electron chi connectivity index (χ1n) is 3.32. The van der Waals surface area contributed by atoms with E-state index in [2.05, 4.69) is 0 Å². The van der Waals surface area contributed by atoms with Gasteiger partial charge in [0.2, 0.25) is 0 Å². The molecule has 0 heterocycles. The van der Waals surface area contributed by atoms with Gasteiger partial charge in [0, 0.05) is 6.54 Å². The Morgan fingerprint density at radius 1 is 1.60 bits per heavy atom. The van der Waals surface area contributed by atoms with Crippen molar-refractivity contribution < 1.29 is 15.4 Å². The van der Waals surface area contributed by atoms with Gasteiger partial charge in [-0.3, -0.25) is 0 Å². The van der Waals surface area contributed by atoms with Gasteiger partial charge in [0.25, 0.3) is 0 Å². The van der Waals surface area contributed by atoms with Crippen LogP contribution in [-0.4, -0.2) is 33.7 Å². The lowest BCUT2D eigenvalue weighted by Gasteiger charge is -2.26. The number of hydroxylamine groups is 1. The van der Waals surface area contributed by atoms with Crippen LogP contribution in [0.25, 0.3) is 0 Å². The fourth-order valence-electron chi connectivity index (χ4n) is 0.542. The molecule has 0 radical (unpaired) electrons. The molecule has 0 rings (SSSR count). The van der Waals surface area contributed by atoms with Crippen molar-refractivity contribution in [2.45, 2.75) is 32.0 Å². The molecule has 2 atom stereocenters. The monoisotopic (exact) mass is 149 g/mol. The van der Waals surface area contributed by atoms with E-state index in [0.29, 0.717) is 6.42 Å². The standard InChI is InChI=1S/C6H15NO3/c1-3-6(2,9)5(8)4-7-10/h5,7-10H,3-4H2,1-2H3. The third kappa shape index (κ3) is 2.62. The number of hydrogen-bond acceptors (Lipinski definition) is 4. The van der Waals surface area contributed by atoms with Gasteiger partial charge in [0.1, 0.15) is 0 Å². The number of rotatable bonds is 4. The molecule has 0 saturated heterocycles. The summed E-state index contributed by atoms with van der Waals surface area (Å²) in [6.45, 7) is 3.27. The Hall–Kier alpha value is -0.160. The van der Waals surface area contributed by atoms with Crippen molar-refractivity contribution in [3.63, 3.8) is 0 Å². The zero-order chi connectivity index (χ0) is 8.20. The zero-order valence-electron chi connectivity index (χ0n) is 6.33. The van der Waals surface area contributed by atoms with Gasteiger partial charge in [0.05, 0.1) is 11.7 Å². The summed E-state index contributed by atoms with van der Waals surface area (Å²) >= 11 is 0. The maximum Gasteiger partial charge on any atom is 0.0971 e. The van der Waals surface area contributed by atoms with Crippen molar-refractivity contribution in [2.75, 3.05) is 6.54 Å². The van der Waals surface area contributed by atoms with Crippen LogP contribution in [0.4, 0.5) is 0 Å². The molecular weight excluding hydrogens is 134 g/mol. The Bertz CT molecular complexity index is 95.0. The summed E-state index contributed by atoms with van der Waals surface area (Å²) in [5.41, 5.74) is 0.683. The molecule has 2 unspecified atom stereocenters. The molecular formula is C6H15NO3. The van der Waals surface area contributed by atoms with Crippen LogP contribution in [0.3, 0.4) is 0 Å². The first-order chi connectivity index (χ1) is 4.54. The minimum atomic E-state index is -1.12. The van der Waals surface area contributed by atoms with Gasteiger partial charge >= 0.3 is 0 Å². The minimum Gasteiger partial charge on any atom is -0.389 e. The van der Waals surface area contributed by atoms with E-state index >= 15 is 0 Å². The summed E-state index contributed by atoms with van der Waals surface area (Å²) in [7, 11) is 0. The molecule has 0 aromatic rings. The molecule has 0 aliphatic heterocycles. The molecule has 0 aliphatic rings. The molecule has 0 aliphatic carbocycles. The number of nitrogens with one attached hydrogen (secondary N) is 1. The van der Waals surface area contributed by atoms with Crippen LogP contribution in [0.5, 0.6) is 0 Å². The van der Waals surface area contributed by atoms with Crippen molar-refractivity contribution in [1.29, 1.82) is 0 Å². The van der Waals surface area contributed by atoms with E-state index in [-0.39, 0.29) is 6.54 Å². The Morgan fingerprint density at radius 2 is 2.10 bits per heavy atom.